The van der Waals surface area contributed by atoms with E-state index in [4.69, 9.17) is 0 Å². The van der Waals surface area contributed by atoms with E-state index in [0.29, 0.717) is 6.07 Å². The highest BCUT2D eigenvalue weighted by molar-refractivity contribution is 5.88. The van der Waals surface area contributed by atoms with Crippen LogP contribution in [0.2, 0.25) is 0 Å². The maximum absolute atomic E-state index is 13.7. The van der Waals surface area contributed by atoms with Crippen molar-refractivity contribution in [2.75, 3.05) is 6.61 Å². The number of carbonyl (C=O) groups is 2. The van der Waals surface area contributed by atoms with E-state index in [0.717, 1.165) is 18.2 Å². The minimum atomic E-state index is -5.31. The van der Waals surface area contributed by atoms with Crippen LogP contribution in [0.4, 0.5) is 26.3 Å². The number of ether oxygens (including phenoxy) is 1. The molecule has 5 nitrogen and oxygen atoms in total. The zero-order chi connectivity index (χ0) is 20.9. The van der Waals surface area contributed by atoms with Crippen molar-refractivity contribution in [1.82, 2.24) is 10.6 Å². The largest absolute Gasteiger partial charge is 0.463 e. The maximum atomic E-state index is 13.7. The van der Waals surface area contributed by atoms with Crippen LogP contribution in [-0.4, -0.2) is 30.3 Å². The van der Waals surface area contributed by atoms with Crippen LogP contribution >= 0.6 is 0 Å². The fourth-order valence-electron chi connectivity index (χ4n) is 2.08. The number of nitrogens with one attached hydrogen (secondary N) is 2. The average molecular weight is 400 g/mol. The molecule has 152 valence electrons. The number of hydrogen-bond donors (Lipinski definition) is 2. The molecule has 0 fully saturated rings. The third-order valence-electron chi connectivity index (χ3n) is 3.47. The molecule has 1 rings (SSSR count). The van der Waals surface area contributed by atoms with Crippen LogP contribution in [0.25, 0.3) is 0 Å². The second-order valence-corrected chi connectivity index (χ2v) is 5.42. The quantitative estimate of drug-likeness (QED) is 0.419. The molecule has 1 aromatic rings. The van der Waals surface area contributed by atoms with Gasteiger partial charge in [0.05, 0.1) is 12.2 Å². The van der Waals surface area contributed by atoms with Crippen LogP contribution in [-0.2, 0) is 27.0 Å². The molecule has 0 aliphatic heterocycles. The van der Waals surface area contributed by atoms with Gasteiger partial charge >= 0.3 is 18.3 Å². The summed E-state index contributed by atoms with van der Waals surface area (Å²) in [6, 6.07) is 3.56. The van der Waals surface area contributed by atoms with Gasteiger partial charge in [0, 0.05) is 13.0 Å². The first kappa shape index (κ1) is 22.7. The minimum Gasteiger partial charge on any atom is -0.463 e. The van der Waals surface area contributed by atoms with Gasteiger partial charge in [0.15, 0.2) is 0 Å². The van der Waals surface area contributed by atoms with Crippen molar-refractivity contribution in [3.8, 4) is 0 Å². The first-order chi connectivity index (χ1) is 12.4. The number of rotatable bonds is 7. The number of amides is 1. The summed E-state index contributed by atoms with van der Waals surface area (Å²) >= 11 is 0. The first-order valence-corrected chi connectivity index (χ1v) is 7.83. The second kappa shape index (κ2) is 8.59. The molecule has 0 aromatic heterocycles. The lowest BCUT2D eigenvalue weighted by Gasteiger charge is -2.34. The molecular weight excluding hydrogens is 382 g/mol. The average Bonchev–Trinajstić information content (AvgIpc) is 2.56. The van der Waals surface area contributed by atoms with E-state index >= 15 is 0 Å². The van der Waals surface area contributed by atoms with Crippen molar-refractivity contribution in [2.24, 2.45) is 0 Å². The number of carbonyl (C=O) groups excluding carboxylic acids is 2. The van der Waals surface area contributed by atoms with Gasteiger partial charge in [-0.3, -0.25) is 10.1 Å². The standard InChI is InChI=1S/C16H18F6N2O3/c1-3-12(25)24-14(16(20,21)22,13(26)27-4-2)23-9-10-6-5-7-11(8-10)15(17,18)19/h5-8,23H,3-4,9H2,1-2H3,(H,24,25)/t14-/m0/s1. The number of benzene rings is 1. The lowest BCUT2D eigenvalue weighted by molar-refractivity contribution is -0.222. The fraction of sp³-hybridized carbons (Fsp3) is 0.500. The Morgan fingerprint density at radius 2 is 1.70 bits per heavy atom. The Balaban J connectivity index is 3.24. The van der Waals surface area contributed by atoms with E-state index in [1.54, 1.807) is 5.32 Å². The van der Waals surface area contributed by atoms with Gasteiger partial charge in [0.25, 0.3) is 5.66 Å². The molecule has 0 saturated heterocycles. The van der Waals surface area contributed by atoms with E-state index in [1.807, 2.05) is 5.32 Å². The van der Waals surface area contributed by atoms with Gasteiger partial charge in [-0.15, -0.1) is 0 Å². The molecule has 0 saturated carbocycles. The predicted molar refractivity (Wildman–Crippen MR) is 82.1 cm³/mol. The fourth-order valence-corrected chi connectivity index (χ4v) is 2.08. The van der Waals surface area contributed by atoms with Crippen molar-refractivity contribution in [3.05, 3.63) is 35.4 Å². The summed E-state index contributed by atoms with van der Waals surface area (Å²) in [6.45, 7) is 1.36. The summed E-state index contributed by atoms with van der Waals surface area (Å²) in [7, 11) is 0. The highest BCUT2D eigenvalue weighted by Crippen LogP contribution is 2.32. The van der Waals surface area contributed by atoms with E-state index in [-0.39, 0.29) is 12.0 Å². The second-order valence-electron chi connectivity index (χ2n) is 5.42. The van der Waals surface area contributed by atoms with E-state index < -0.39 is 48.6 Å². The number of halogens is 6. The molecule has 1 aromatic carbocycles. The molecule has 1 amide bonds. The summed E-state index contributed by atoms with van der Waals surface area (Å²) in [5.41, 5.74) is -4.83. The predicted octanol–water partition coefficient (Wildman–Crippen LogP) is 3.14. The van der Waals surface area contributed by atoms with E-state index in [2.05, 4.69) is 4.74 Å². The molecule has 1 atom stereocenters. The molecule has 2 N–H and O–H groups in total. The zero-order valence-corrected chi connectivity index (χ0v) is 14.4. The van der Waals surface area contributed by atoms with E-state index in [9.17, 15) is 35.9 Å². The molecule has 0 aliphatic carbocycles. The number of alkyl halides is 6. The van der Waals surface area contributed by atoms with Gasteiger partial charge in [-0.1, -0.05) is 25.1 Å². The molecule has 0 unspecified atom stereocenters. The Labute approximate surface area is 151 Å². The normalized spacial score (nSPS) is 14.4. The Bertz CT molecular complexity index is 675. The Kier molecular flexibility index (Phi) is 7.24. The van der Waals surface area contributed by atoms with Crippen LogP contribution in [0.5, 0.6) is 0 Å². The first-order valence-electron chi connectivity index (χ1n) is 7.83. The molecule has 27 heavy (non-hydrogen) atoms. The lowest BCUT2D eigenvalue weighted by atomic mass is 10.1. The van der Waals surface area contributed by atoms with E-state index in [1.165, 1.54) is 13.8 Å². The highest BCUT2D eigenvalue weighted by Gasteiger charge is 2.62. The number of esters is 1. The summed E-state index contributed by atoms with van der Waals surface area (Å²) in [5.74, 6) is -2.91. The Hall–Kier alpha value is -2.30. The lowest BCUT2D eigenvalue weighted by Crippen LogP contribution is -2.72. The van der Waals surface area contributed by atoms with Crippen molar-refractivity contribution < 1.29 is 40.7 Å². The molecule has 0 bridgehead atoms. The summed E-state index contributed by atoms with van der Waals surface area (Å²) in [4.78, 5) is 23.6. The molecule has 0 aliphatic rings. The van der Waals surface area contributed by atoms with Crippen molar-refractivity contribution in [3.63, 3.8) is 0 Å². The van der Waals surface area contributed by atoms with Gasteiger partial charge in [0.1, 0.15) is 0 Å². The van der Waals surface area contributed by atoms with Gasteiger partial charge < -0.3 is 10.1 Å². The monoisotopic (exact) mass is 400 g/mol. The summed E-state index contributed by atoms with van der Waals surface area (Å²) in [5, 5.41) is 3.37. The maximum Gasteiger partial charge on any atom is 0.436 e. The molecule has 0 radical (unpaired) electrons. The van der Waals surface area contributed by atoms with Gasteiger partial charge in [-0.2, -0.15) is 26.3 Å². The molecular formula is C16H18F6N2O3. The van der Waals surface area contributed by atoms with Gasteiger partial charge in [-0.25, -0.2) is 4.79 Å². The van der Waals surface area contributed by atoms with Crippen molar-refractivity contribution in [1.29, 1.82) is 0 Å². The Morgan fingerprint density at radius 1 is 1.07 bits per heavy atom. The highest BCUT2D eigenvalue weighted by atomic mass is 19.4. The van der Waals surface area contributed by atoms with Crippen molar-refractivity contribution in [2.45, 2.75) is 44.8 Å². The molecule has 11 heteroatoms. The number of hydrogen-bond acceptors (Lipinski definition) is 4. The smallest absolute Gasteiger partial charge is 0.436 e. The summed E-state index contributed by atoms with van der Waals surface area (Å²) in [6.07, 6.45) is -10.4. The van der Waals surface area contributed by atoms with Crippen LogP contribution < -0.4 is 10.6 Å². The van der Waals surface area contributed by atoms with Crippen molar-refractivity contribution >= 4 is 11.9 Å². The third-order valence-corrected chi connectivity index (χ3v) is 3.47. The Morgan fingerprint density at radius 3 is 2.19 bits per heavy atom. The van der Waals surface area contributed by atoms with Gasteiger partial charge in [0.2, 0.25) is 5.91 Å². The van der Waals surface area contributed by atoms with Crippen LogP contribution in [0.1, 0.15) is 31.4 Å². The SMILES string of the molecule is CCOC(=O)[C@](NCc1cccc(C(F)(F)F)c1)(NC(=O)CC)C(F)(F)F. The molecule has 0 heterocycles. The third kappa shape index (κ3) is 5.59. The topological polar surface area (TPSA) is 67.4 Å². The minimum absolute atomic E-state index is 0.173. The van der Waals surface area contributed by atoms with Crippen LogP contribution in [0, 0.1) is 0 Å². The van der Waals surface area contributed by atoms with Gasteiger partial charge in [-0.05, 0) is 18.6 Å². The zero-order valence-electron chi connectivity index (χ0n) is 14.4. The van der Waals surface area contributed by atoms with Crippen LogP contribution in [0.15, 0.2) is 24.3 Å². The molecule has 0 spiro atoms. The summed E-state index contributed by atoms with van der Waals surface area (Å²) < 4.78 is 83.6. The van der Waals surface area contributed by atoms with Crippen LogP contribution in [0.3, 0.4) is 0 Å².